The van der Waals surface area contributed by atoms with E-state index in [-0.39, 0.29) is 17.2 Å². The molecule has 2 amide bonds. The van der Waals surface area contributed by atoms with Crippen molar-refractivity contribution in [3.05, 3.63) is 89.2 Å². The highest BCUT2D eigenvalue weighted by molar-refractivity contribution is 6.13. The van der Waals surface area contributed by atoms with Gasteiger partial charge in [-0.1, -0.05) is 36.4 Å². The van der Waals surface area contributed by atoms with Crippen LogP contribution < -0.4 is 24.4 Å². The van der Waals surface area contributed by atoms with Crippen molar-refractivity contribution in [2.45, 2.75) is 19.9 Å². The monoisotopic (exact) mass is 525 g/mol. The van der Waals surface area contributed by atoms with E-state index < -0.39 is 5.91 Å². The number of nitrogens with zero attached hydrogens (tertiary/aromatic N) is 2. The third-order valence-corrected chi connectivity index (χ3v) is 7.00. The van der Waals surface area contributed by atoms with E-state index >= 15 is 0 Å². The number of nitrogens with one attached hydrogen (secondary N) is 1. The van der Waals surface area contributed by atoms with Crippen molar-refractivity contribution in [3.63, 3.8) is 0 Å². The number of aromatic nitrogens is 1. The Morgan fingerprint density at radius 1 is 0.949 bits per heavy atom. The molecule has 0 fully saturated rings. The average molecular weight is 526 g/mol. The summed E-state index contributed by atoms with van der Waals surface area (Å²) >= 11 is 0. The fourth-order valence-corrected chi connectivity index (χ4v) is 5.06. The zero-order valence-corrected chi connectivity index (χ0v) is 22.5. The molecule has 2 heterocycles. The average Bonchev–Trinajstić information content (AvgIpc) is 3.57. The summed E-state index contributed by atoms with van der Waals surface area (Å²) in [6.07, 6.45) is 4.51. The third kappa shape index (κ3) is 4.81. The van der Waals surface area contributed by atoms with Gasteiger partial charge in [0.2, 0.25) is 5.75 Å². The minimum Gasteiger partial charge on any atom is -0.493 e. The van der Waals surface area contributed by atoms with Crippen LogP contribution in [-0.2, 0) is 17.8 Å². The summed E-state index contributed by atoms with van der Waals surface area (Å²) in [5, 5.41) is 3.89. The van der Waals surface area contributed by atoms with Gasteiger partial charge in [0, 0.05) is 47.0 Å². The van der Waals surface area contributed by atoms with Crippen molar-refractivity contribution >= 4 is 34.5 Å². The van der Waals surface area contributed by atoms with Crippen LogP contribution in [0.4, 0.5) is 5.69 Å². The van der Waals surface area contributed by atoms with Gasteiger partial charge in [-0.25, -0.2) is 0 Å². The Kier molecular flexibility index (Phi) is 7.27. The van der Waals surface area contributed by atoms with Crippen molar-refractivity contribution in [2.24, 2.45) is 0 Å². The quantitative estimate of drug-likeness (QED) is 0.326. The predicted molar refractivity (Wildman–Crippen MR) is 152 cm³/mol. The lowest BCUT2D eigenvalue weighted by Gasteiger charge is -2.20. The van der Waals surface area contributed by atoms with Crippen molar-refractivity contribution < 1.29 is 23.8 Å². The van der Waals surface area contributed by atoms with Crippen LogP contribution in [0, 0.1) is 0 Å². The number of anilines is 1. The number of para-hydroxylation sites is 2. The van der Waals surface area contributed by atoms with Crippen LogP contribution in [0.5, 0.6) is 17.2 Å². The number of aryl methyl sites for hydroxylation is 1. The number of hydrogen-bond donors (Lipinski definition) is 1. The van der Waals surface area contributed by atoms with E-state index in [9.17, 15) is 9.59 Å². The second kappa shape index (κ2) is 10.9. The highest BCUT2D eigenvalue weighted by Gasteiger charge is 2.28. The third-order valence-electron chi connectivity index (χ3n) is 7.00. The summed E-state index contributed by atoms with van der Waals surface area (Å²) in [6.45, 7) is 3.38. The number of fused-ring (bicyclic) bond motifs is 2. The molecule has 8 nitrogen and oxygen atoms in total. The van der Waals surface area contributed by atoms with Gasteiger partial charge < -0.3 is 29.0 Å². The first-order valence-corrected chi connectivity index (χ1v) is 12.8. The standard InChI is InChI=1S/C31H31N3O5/c1-5-33-19-22(23-11-7-9-13-26(23)33)16-24(31(36)34-15-14-20-10-6-8-12-25(20)34)32-30(35)21-17-27(37-2)29(39-4)28(18-21)38-3/h6-13,16-19H,5,14-15H2,1-4H3,(H,32,35). The number of carbonyl (C=O) groups excluding carboxylic acids is 2. The number of carbonyl (C=O) groups is 2. The van der Waals surface area contributed by atoms with Crippen LogP contribution in [0.25, 0.3) is 17.0 Å². The van der Waals surface area contributed by atoms with Crippen molar-refractivity contribution in [1.29, 1.82) is 0 Å². The second-order valence-corrected chi connectivity index (χ2v) is 9.15. The van der Waals surface area contributed by atoms with Crippen LogP contribution in [0.15, 0.2) is 72.6 Å². The van der Waals surface area contributed by atoms with E-state index in [1.54, 1.807) is 23.1 Å². The topological polar surface area (TPSA) is 82.0 Å². The molecule has 39 heavy (non-hydrogen) atoms. The lowest BCUT2D eigenvalue weighted by molar-refractivity contribution is -0.115. The highest BCUT2D eigenvalue weighted by Crippen LogP contribution is 2.38. The zero-order chi connectivity index (χ0) is 27.5. The summed E-state index contributed by atoms with van der Waals surface area (Å²) in [5.74, 6) is 0.316. The fraction of sp³-hybridized carbons (Fsp3) is 0.226. The first-order valence-electron chi connectivity index (χ1n) is 12.8. The largest absolute Gasteiger partial charge is 0.493 e. The molecule has 1 aliphatic heterocycles. The molecule has 0 unspecified atom stereocenters. The Hall–Kier alpha value is -4.72. The zero-order valence-electron chi connectivity index (χ0n) is 22.5. The van der Waals surface area contributed by atoms with E-state index in [0.29, 0.717) is 23.8 Å². The van der Waals surface area contributed by atoms with Crippen molar-refractivity contribution in [2.75, 3.05) is 32.8 Å². The summed E-state index contributed by atoms with van der Waals surface area (Å²) in [7, 11) is 4.48. The molecule has 0 radical (unpaired) electrons. The van der Waals surface area contributed by atoms with Crippen LogP contribution in [0.1, 0.15) is 28.4 Å². The fourth-order valence-electron chi connectivity index (χ4n) is 5.06. The van der Waals surface area contributed by atoms with Gasteiger partial charge in [-0.05, 0) is 49.2 Å². The van der Waals surface area contributed by atoms with Gasteiger partial charge >= 0.3 is 0 Å². The number of benzene rings is 3. The Morgan fingerprint density at radius 3 is 2.33 bits per heavy atom. The van der Waals surface area contributed by atoms with Crippen LogP contribution >= 0.6 is 0 Å². The number of rotatable bonds is 8. The number of amides is 2. The van der Waals surface area contributed by atoms with Crippen LogP contribution in [0.2, 0.25) is 0 Å². The van der Waals surface area contributed by atoms with Crippen LogP contribution in [0.3, 0.4) is 0 Å². The van der Waals surface area contributed by atoms with E-state index in [1.807, 2.05) is 54.7 Å². The van der Waals surface area contributed by atoms with Gasteiger partial charge in [0.05, 0.1) is 21.3 Å². The number of hydrogen-bond acceptors (Lipinski definition) is 5. The minimum atomic E-state index is -0.472. The normalized spacial score (nSPS) is 12.8. The molecule has 0 spiro atoms. The van der Waals surface area contributed by atoms with Crippen LogP contribution in [-0.4, -0.2) is 44.3 Å². The molecule has 0 atom stereocenters. The molecule has 1 aliphatic rings. The lowest BCUT2D eigenvalue weighted by atomic mass is 10.1. The van der Waals surface area contributed by atoms with E-state index in [0.717, 1.165) is 40.7 Å². The maximum Gasteiger partial charge on any atom is 0.274 e. The smallest absolute Gasteiger partial charge is 0.274 e. The molecule has 0 saturated heterocycles. The molecule has 4 aromatic rings. The maximum atomic E-state index is 14.0. The summed E-state index contributed by atoms with van der Waals surface area (Å²) < 4.78 is 18.4. The van der Waals surface area contributed by atoms with Crippen molar-refractivity contribution in [3.8, 4) is 17.2 Å². The van der Waals surface area contributed by atoms with E-state index in [2.05, 4.69) is 16.8 Å². The molecule has 8 heteroatoms. The van der Waals surface area contributed by atoms with Gasteiger partial charge in [0.1, 0.15) is 5.70 Å². The molecule has 0 bridgehead atoms. The number of ether oxygens (including phenoxy) is 3. The maximum absolute atomic E-state index is 14.0. The molecule has 3 aromatic carbocycles. The van der Waals surface area contributed by atoms with E-state index in [4.69, 9.17) is 14.2 Å². The first kappa shape index (κ1) is 25.9. The lowest BCUT2D eigenvalue weighted by Crippen LogP contribution is -2.37. The van der Waals surface area contributed by atoms with Gasteiger partial charge in [-0.15, -0.1) is 0 Å². The highest BCUT2D eigenvalue weighted by atomic mass is 16.5. The first-order chi connectivity index (χ1) is 19.0. The van der Waals surface area contributed by atoms with Gasteiger partial charge in [-0.2, -0.15) is 0 Å². The Labute approximate surface area is 227 Å². The minimum absolute atomic E-state index is 0.171. The van der Waals surface area contributed by atoms with Crippen molar-refractivity contribution in [1.82, 2.24) is 9.88 Å². The molecule has 0 aliphatic carbocycles. The molecule has 1 N–H and O–H groups in total. The summed E-state index contributed by atoms with van der Waals surface area (Å²) in [5.41, 5.74) is 4.29. The molecule has 0 saturated carbocycles. The predicted octanol–water partition coefficient (Wildman–Crippen LogP) is 5.05. The van der Waals surface area contributed by atoms with Gasteiger partial charge in [0.25, 0.3) is 11.8 Å². The number of methoxy groups -OCH3 is 3. The molecular weight excluding hydrogens is 494 g/mol. The summed E-state index contributed by atoms with van der Waals surface area (Å²) in [4.78, 5) is 29.3. The van der Waals surface area contributed by atoms with Gasteiger partial charge in [0.15, 0.2) is 11.5 Å². The second-order valence-electron chi connectivity index (χ2n) is 9.15. The Bertz CT molecular complexity index is 1560. The van der Waals surface area contributed by atoms with E-state index in [1.165, 1.54) is 21.3 Å². The van der Waals surface area contributed by atoms with Gasteiger partial charge in [-0.3, -0.25) is 9.59 Å². The molecule has 1 aromatic heterocycles. The SMILES string of the molecule is CCn1cc(C=C(NC(=O)c2cc(OC)c(OC)c(OC)c2)C(=O)N2CCc3ccccc32)c2ccccc21. The summed E-state index contributed by atoms with van der Waals surface area (Å²) in [6, 6.07) is 19.0. The molecular formula is C31H31N3O5. The Balaban J connectivity index is 1.58. The molecule has 5 rings (SSSR count). The Morgan fingerprint density at radius 2 is 1.64 bits per heavy atom. The molecule has 200 valence electrons.